The molecule has 5 heteroatoms. The van der Waals surface area contributed by atoms with Gasteiger partial charge in [-0.3, -0.25) is 9.59 Å². The molecule has 1 saturated carbocycles. The second-order valence-electron chi connectivity index (χ2n) is 5.89. The van der Waals surface area contributed by atoms with Crippen LogP contribution in [0, 0.1) is 5.92 Å². The number of hydrogen-bond donors (Lipinski definition) is 3. The van der Waals surface area contributed by atoms with Gasteiger partial charge in [-0.2, -0.15) is 0 Å². The lowest BCUT2D eigenvalue weighted by Gasteiger charge is -2.11. The average molecular weight is 287 g/mol. The van der Waals surface area contributed by atoms with Crippen LogP contribution in [0.3, 0.4) is 0 Å². The molecule has 2 aliphatic rings. The van der Waals surface area contributed by atoms with Gasteiger partial charge >= 0.3 is 0 Å². The molecule has 1 aliphatic carbocycles. The van der Waals surface area contributed by atoms with Gasteiger partial charge in [0.05, 0.1) is 0 Å². The van der Waals surface area contributed by atoms with E-state index in [1.54, 1.807) is 6.07 Å². The molecule has 112 valence electrons. The van der Waals surface area contributed by atoms with Gasteiger partial charge in [-0.15, -0.1) is 0 Å². The van der Waals surface area contributed by atoms with Crippen LogP contribution >= 0.6 is 0 Å². The van der Waals surface area contributed by atoms with E-state index in [-0.39, 0.29) is 17.7 Å². The van der Waals surface area contributed by atoms with Gasteiger partial charge in [-0.05, 0) is 50.4 Å². The highest BCUT2D eigenvalue weighted by Gasteiger charge is 2.29. The minimum atomic E-state index is 0.0140. The number of nitrogens with one attached hydrogen (secondary N) is 3. The van der Waals surface area contributed by atoms with Gasteiger partial charge in [0.1, 0.15) is 0 Å². The van der Waals surface area contributed by atoms with E-state index in [1.165, 1.54) is 0 Å². The van der Waals surface area contributed by atoms with Crippen LogP contribution in [0.2, 0.25) is 0 Å². The fourth-order valence-corrected chi connectivity index (χ4v) is 2.63. The number of carbonyl (C=O) groups excluding carboxylic acids is 2. The molecule has 1 saturated heterocycles. The minimum absolute atomic E-state index is 0.0140. The SMILES string of the molecule is O=C(CC1CCCN1)Nc1cccc(NC(=O)C2CC2)c1. The molecule has 3 rings (SSSR count). The van der Waals surface area contributed by atoms with Crippen LogP contribution in [0.1, 0.15) is 32.1 Å². The van der Waals surface area contributed by atoms with Crippen molar-refractivity contribution in [2.45, 2.75) is 38.1 Å². The molecular formula is C16H21N3O2. The molecule has 2 amide bonds. The van der Waals surface area contributed by atoms with E-state index in [0.717, 1.165) is 43.6 Å². The Balaban J connectivity index is 1.54. The van der Waals surface area contributed by atoms with Crippen LogP contribution in [0.15, 0.2) is 24.3 Å². The van der Waals surface area contributed by atoms with E-state index < -0.39 is 0 Å². The highest BCUT2D eigenvalue weighted by Crippen LogP contribution is 2.30. The van der Waals surface area contributed by atoms with Crippen molar-refractivity contribution in [1.82, 2.24) is 5.32 Å². The van der Waals surface area contributed by atoms with Crippen LogP contribution in [-0.4, -0.2) is 24.4 Å². The van der Waals surface area contributed by atoms with E-state index in [2.05, 4.69) is 16.0 Å². The maximum Gasteiger partial charge on any atom is 0.227 e. The standard InChI is InChI=1S/C16H21N3O2/c20-15(10-12-5-2-8-17-12)18-13-3-1-4-14(9-13)19-16(21)11-6-7-11/h1,3-4,9,11-12,17H,2,5-8,10H2,(H,18,20)(H,19,21). The zero-order valence-corrected chi connectivity index (χ0v) is 12.0. The number of anilines is 2. The van der Waals surface area contributed by atoms with Crippen molar-refractivity contribution in [3.05, 3.63) is 24.3 Å². The summed E-state index contributed by atoms with van der Waals surface area (Å²) in [6, 6.07) is 7.62. The third kappa shape index (κ3) is 4.04. The molecule has 1 aliphatic heterocycles. The molecule has 5 nitrogen and oxygen atoms in total. The number of rotatable bonds is 5. The first-order chi connectivity index (χ1) is 10.2. The summed E-state index contributed by atoms with van der Waals surface area (Å²) in [4.78, 5) is 23.7. The Kier molecular flexibility index (Phi) is 4.20. The molecule has 1 aromatic rings. The van der Waals surface area contributed by atoms with Crippen LogP contribution in [-0.2, 0) is 9.59 Å². The summed E-state index contributed by atoms with van der Waals surface area (Å²) in [5, 5.41) is 9.10. The number of hydrogen-bond acceptors (Lipinski definition) is 3. The Morgan fingerprint density at radius 3 is 2.57 bits per heavy atom. The molecule has 21 heavy (non-hydrogen) atoms. The van der Waals surface area contributed by atoms with Crippen LogP contribution < -0.4 is 16.0 Å². The first kappa shape index (κ1) is 14.1. The lowest BCUT2D eigenvalue weighted by atomic mass is 10.1. The van der Waals surface area contributed by atoms with Crippen molar-refractivity contribution in [3.8, 4) is 0 Å². The van der Waals surface area contributed by atoms with E-state index >= 15 is 0 Å². The highest BCUT2D eigenvalue weighted by atomic mass is 16.2. The monoisotopic (exact) mass is 287 g/mol. The minimum Gasteiger partial charge on any atom is -0.326 e. The molecule has 1 atom stereocenters. The quantitative estimate of drug-likeness (QED) is 0.777. The Morgan fingerprint density at radius 1 is 1.14 bits per heavy atom. The third-order valence-corrected chi connectivity index (χ3v) is 3.96. The molecule has 1 aromatic carbocycles. The van der Waals surface area contributed by atoms with Crippen molar-refractivity contribution in [3.63, 3.8) is 0 Å². The summed E-state index contributed by atoms with van der Waals surface area (Å²) >= 11 is 0. The average Bonchev–Trinajstić information content (AvgIpc) is 3.19. The van der Waals surface area contributed by atoms with Crippen LogP contribution in [0.5, 0.6) is 0 Å². The number of benzene rings is 1. The molecule has 0 spiro atoms. The molecular weight excluding hydrogens is 266 g/mol. The molecule has 1 unspecified atom stereocenters. The molecule has 0 radical (unpaired) electrons. The van der Waals surface area contributed by atoms with Gasteiger partial charge in [0.15, 0.2) is 0 Å². The van der Waals surface area contributed by atoms with Crippen molar-refractivity contribution in [2.24, 2.45) is 5.92 Å². The predicted molar refractivity (Wildman–Crippen MR) is 82.1 cm³/mol. The molecule has 0 aromatic heterocycles. The van der Waals surface area contributed by atoms with E-state index in [4.69, 9.17) is 0 Å². The Morgan fingerprint density at radius 2 is 1.90 bits per heavy atom. The van der Waals surface area contributed by atoms with Gasteiger partial charge in [-0.25, -0.2) is 0 Å². The number of amides is 2. The lowest BCUT2D eigenvalue weighted by molar-refractivity contribution is -0.117. The van der Waals surface area contributed by atoms with Crippen LogP contribution in [0.4, 0.5) is 11.4 Å². The summed E-state index contributed by atoms with van der Waals surface area (Å²) in [6.07, 6.45) is 4.66. The predicted octanol–water partition coefficient (Wildman–Crippen LogP) is 2.12. The Bertz CT molecular complexity index is 534. The highest BCUT2D eigenvalue weighted by molar-refractivity contribution is 5.96. The first-order valence-corrected chi connectivity index (χ1v) is 7.65. The smallest absolute Gasteiger partial charge is 0.227 e. The molecule has 0 bridgehead atoms. The summed E-state index contributed by atoms with van der Waals surface area (Å²) in [5.41, 5.74) is 1.47. The van der Waals surface area contributed by atoms with Gasteiger partial charge in [-0.1, -0.05) is 6.07 Å². The largest absolute Gasteiger partial charge is 0.326 e. The van der Waals surface area contributed by atoms with Crippen molar-refractivity contribution in [1.29, 1.82) is 0 Å². The summed E-state index contributed by atoms with van der Waals surface area (Å²) < 4.78 is 0. The van der Waals surface area contributed by atoms with Crippen LogP contribution in [0.25, 0.3) is 0 Å². The summed E-state index contributed by atoms with van der Waals surface area (Å²) in [5.74, 6) is 0.269. The second kappa shape index (κ2) is 6.26. The lowest BCUT2D eigenvalue weighted by Crippen LogP contribution is -2.27. The topological polar surface area (TPSA) is 70.2 Å². The molecule has 3 N–H and O–H groups in total. The molecule has 2 fully saturated rings. The van der Waals surface area contributed by atoms with Gasteiger partial charge in [0.2, 0.25) is 11.8 Å². The maximum absolute atomic E-state index is 12.0. The number of carbonyl (C=O) groups is 2. The first-order valence-electron chi connectivity index (χ1n) is 7.65. The second-order valence-corrected chi connectivity index (χ2v) is 5.89. The third-order valence-electron chi connectivity index (χ3n) is 3.96. The fraction of sp³-hybridized carbons (Fsp3) is 0.500. The Labute approximate surface area is 124 Å². The molecule has 1 heterocycles. The van der Waals surface area contributed by atoms with Crippen molar-refractivity contribution < 1.29 is 9.59 Å². The van der Waals surface area contributed by atoms with Crippen molar-refractivity contribution >= 4 is 23.2 Å². The zero-order valence-electron chi connectivity index (χ0n) is 12.0. The fourth-order valence-electron chi connectivity index (χ4n) is 2.63. The zero-order chi connectivity index (χ0) is 14.7. The van der Waals surface area contributed by atoms with Gasteiger partial charge in [0.25, 0.3) is 0 Å². The van der Waals surface area contributed by atoms with E-state index in [0.29, 0.717) is 12.5 Å². The van der Waals surface area contributed by atoms with Crippen molar-refractivity contribution in [2.75, 3.05) is 17.2 Å². The van der Waals surface area contributed by atoms with E-state index in [9.17, 15) is 9.59 Å². The summed E-state index contributed by atoms with van der Waals surface area (Å²) in [7, 11) is 0. The van der Waals surface area contributed by atoms with Gasteiger partial charge < -0.3 is 16.0 Å². The maximum atomic E-state index is 12.0. The van der Waals surface area contributed by atoms with E-state index in [1.807, 2.05) is 18.2 Å². The summed E-state index contributed by atoms with van der Waals surface area (Å²) in [6.45, 7) is 1.00. The van der Waals surface area contributed by atoms with Gasteiger partial charge in [0, 0.05) is 29.8 Å². The normalized spacial score (nSPS) is 21.0. The Hall–Kier alpha value is -1.88.